The summed E-state index contributed by atoms with van der Waals surface area (Å²) < 4.78 is 0. The van der Waals surface area contributed by atoms with Gasteiger partial charge in [0.15, 0.2) is 19.1 Å². The van der Waals surface area contributed by atoms with Crippen LogP contribution in [0.25, 0.3) is 10.8 Å². The van der Waals surface area contributed by atoms with E-state index in [2.05, 4.69) is 27.3 Å². The van der Waals surface area contributed by atoms with Gasteiger partial charge < -0.3 is 15.1 Å². The standard InChI is InChI=1S/C24H25N5O2/c1-24(20-7-6-18-4-2-3-5-19(18)16-20)22(30)29(23(31)26-24)17-27-12-14-28(15-13-27)21-8-10-25-11-9-21/h2-11,16H,12-15,17H2,1H3,(H,26,31)/p+2/t24-/m0/s1. The lowest BCUT2D eigenvalue weighted by molar-refractivity contribution is -0.907. The number of piperazine rings is 1. The number of hydrogen-bond acceptors (Lipinski definition) is 3. The quantitative estimate of drug-likeness (QED) is 0.617. The van der Waals surface area contributed by atoms with Gasteiger partial charge in [-0.2, -0.15) is 0 Å². The van der Waals surface area contributed by atoms with E-state index < -0.39 is 5.54 Å². The minimum Gasteiger partial charge on any atom is -0.360 e. The number of fused-ring (bicyclic) bond motifs is 1. The number of rotatable bonds is 4. The van der Waals surface area contributed by atoms with Crippen LogP contribution in [0.3, 0.4) is 0 Å². The molecule has 2 aromatic carbocycles. The van der Waals surface area contributed by atoms with Crippen LogP contribution in [-0.4, -0.2) is 49.7 Å². The van der Waals surface area contributed by atoms with Gasteiger partial charge in [-0.15, -0.1) is 0 Å². The van der Waals surface area contributed by atoms with E-state index in [9.17, 15) is 9.59 Å². The van der Waals surface area contributed by atoms with E-state index in [0.29, 0.717) is 6.67 Å². The highest BCUT2D eigenvalue weighted by atomic mass is 16.2. The summed E-state index contributed by atoms with van der Waals surface area (Å²) in [4.78, 5) is 34.1. The first-order valence-corrected chi connectivity index (χ1v) is 10.7. The molecule has 1 aromatic heterocycles. The Labute approximate surface area is 181 Å². The first kappa shape index (κ1) is 19.5. The summed E-state index contributed by atoms with van der Waals surface area (Å²) in [5.41, 5.74) is 0.965. The fourth-order valence-corrected chi connectivity index (χ4v) is 4.59. The summed E-state index contributed by atoms with van der Waals surface area (Å²) in [6, 6.07) is 17.8. The van der Waals surface area contributed by atoms with Crippen molar-refractivity contribution in [2.45, 2.75) is 12.5 Å². The Bertz CT molecular complexity index is 1130. The van der Waals surface area contributed by atoms with Gasteiger partial charge in [0, 0.05) is 17.8 Å². The average Bonchev–Trinajstić information content (AvgIpc) is 3.03. The van der Waals surface area contributed by atoms with Crippen LogP contribution in [-0.2, 0) is 10.3 Å². The summed E-state index contributed by atoms with van der Waals surface area (Å²) in [7, 11) is 0. The minimum atomic E-state index is -1.04. The van der Waals surface area contributed by atoms with Gasteiger partial charge in [0.05, 0.1) is 26.2 Å². The molecule has 7 nitrogen and oxygen atoms in total. The van der Waals surface area contributed by atoms with Gasteiger partial charge in [-0.3, -0.25) is 4.79 Å². The van der Waals surface area contributed by atoms with Gasteiger partial charge in [-0.25, -0.2) is 14.7 Å². The highest BCUT2D eigenvalue weighted by Crippen LogP contribution is 2.30. The smallest absolute Gasteiger partial charge is 0.329 e. The molecule has 0 spiro atoms. The number of carbonyl (C=O) groups is 2. The zero-order valence-electron chi connectivity index (χ0n) is 17.6. The summed E-state index contributed by atoms with van der Waals surface area (Å²) in [5.74, 6) is -0.179. The molecule has 2 saturated heterocycles. The van der Waals surface area contributed by atoms with Crippen LogP contribution < -0.4 is 20.1 Å². The van der Waals surface area contributed by atoms with Crippen molar-refractivity contribution in [2.75, 3.05) is 37.7 Å². The number of urea groups is 1. The fraction of sp³-hybridized carbons (Fsp3) is 0.292. The number of quaternary nitrogens is 1. The number of hydrogen-bond donors (Lipinski definition) is 2. The third-order valence-corrected chi connectivity index (χ3v) is 6.52. The second kappa shape index (κ2) is 7.67. The zero-order chi connectivity index (χ0) is 21.4. The fourth-order valence-electron chi connectivity index (χ4n) is 4.59. The molecular formula is C24H27N5O2+2. The number of amides is 3. The Morgan fingerprint density at radius 3 is 2.45 bits per heavy atom. The molecule has 158 valence electrons. The minimum absolute atomic E-state index is 0.179. The molecule has 7 heteroatoms. The monoisotopic (exact) mass is 417 g/mol. The Kier molecular flexibility index (Phi) is 4.82. The number of H-pyrrole nitrogens is 1. The maximum absolute atomic E-state index is 13.3. The van der Waals surface area contributed by atoms with Crippen molar-refractivity contribution in [1.29, 1.82) is 0 Å². The molecule has 3 aromatic rings. The van der Waals surface area contributed by atoms with E-state index in [0.717, 1.165) is 42.5 Å². The molecule has 5 rings (SSSR count). The predicted molar refractivity (Wildman–Crippen MR) is 117 cm³/mol. The highest BCUT2D eigenvalue weighted by Gasteiger charge is 2.50. The molecule has 0 aliphatic carbocycles. The van der Waals surface area contributed by atoms with Crippen molar-refractivity contribution in [3.63, 3.8) is 0 Å². The third kappa shape index (κ3) is 3.51. The van der Waals surface area contributed by atoms with E-state index in [1.165, 1.54) is 15.5 Å². The van der Waals surface area contributed by atoms with Crippen LogP contribution in [0.4, 0.5) is 10.5 Å². The Morgan fingerprint density at radius 1 is 1.00 bits per heavy atom. The summed E-state index contributed by atoms with van der Waals surface area (Å²) in [5, 5.41) is 5.12. The van der Waals surface area contributed by atoms with Crippen LogP contribution in [0, 0.1) is 0 Å². The van der Waals surface area contributed by atoms with E-state index in [-0.39, 0.29) is 11.9 Å². The lowest BCUT2D eigenvalue weighted by Gasteiger charge is -2.34. The molecule has 0 radical (unpaired) electrons. The van der Waals surface area contributed by atoms with Crippen molar-refractivity contribution in [2.24, 2.45) is 0 Å². The van der Waals surface area contributed by atoms with Gasteiger partial charge in [0.1, 0.15) is 5.54 Å². The van der Waals surface area contributed by atoms with Crippen molar-refractivity contribution in [1.82, 2.24) is 10.2 Å². The second-order valence-electron chi connectivity index (χ2n) is 8.50. The molecule has 3 N–H and O–H groups in total. The lowest BCUT2D eigenvalue weighted by Crippen LogP contribution is -3.16. The molecule has 1 atom stereocenters. The van der Waals surface area contributed by atoms with Crippen molar-refractivity contribution in [3.8, 4) is 0 Å². The maximum Gasteiger partial charge on any atom is 0.329 e. The Balaban J connectivity index is 1.29. The normalized spacial score (nSPS) is 22.2. The maximum atomic E-state index is 13.3. The van der Waals surface area contributed by atoms with Crippen LogP contribution >= 0.6 is 0 Å². The van der Waals surface area contributed by atoms with Gasteiger partial charge in [-0.05, 0) is 29.3 Å². The lowest BCUT2D eigenvalue weighted by atomic mass is 9.90. The van der Waals surface area contributed by atoms with E-state index >= 15 is 0 Å². The predicted octanol–water partition coefficient (Wildman–Crippen LogP) is 0.784. The number of aromatic nitrogens is 1. The van der Waals surface area contributed by atoms with Gasteiger partial charge in [0.2, 0.25) is 0 Å². The molecular weight excluding hydrogens is 390 g/mol. The molecule has 2 fully saturated rings. The molecule has 3 amide bonds. The number of anilines is 1. The van der Waals surface area contributed by atoms with Gasteiger partial charge in [0.25, 0.3) is 5.91 Å². The van der Waals surface area contributed by atoms with Crippen molar-refractivity contribution >= 4 is 28.4 Å². The van der Waals surface area contributed by atoms with Gasteiger partial charge >= 0.3 is 6.03 Å². The van der Waals surface area contributed by atoms with E-state index in [4.69, 9.17) is 0 Å². The zero-order valence-corrected chi connectivity index (χ0v) is 17.6. The first-order chi connectivity index (χ1) is 15.0. The van der Waals surface area contributed by atoms with Crippen LogP contribution in [0.15, 0.2) is 67.0 Å². The topological polar surface area (TPSA) is 71.2 Å². The highest BCUT2D eigenvalue weighted by molar-refractivity contribution is 6.07. The number of nitrogens with zero attached hydrogens (tertiary/aromatic N) is 2. The van der Waals surface area contributed by atoms with Crippen LogP contribution in [0.5, 0.6) is 0 Å². The average molecular weight is 418 g/mol. The number of benzene rings is 2. The van der Waals surface area contributed by atoms with E-state index in [1.54, 1.807) is 6.92 Å². The largest absolute Gasteiger partial charge is 0.360 e. The van der Waals surface area contributed by atoms with E-state index in [1.807, 2.05) is 54.9 Å². The molecule has 0 unspecified atom stereocenters. The molecule has 0 saturated carbocycles. The number of imide groups is 1. The summed E-state index contributed by atoms with van der Waals surface area (Å²) in [6.07, 6.45) is 3.85. The van der Waals surface area contributed by atoms with Crippen molar-refractivity contribution < 1.29 is 19.5 Å². The number of carbonyl (C=O) groups excluding carboxylic acids is 2. The molecule has 0 bridgehead atoms. The summed E-state index contributed by atoms with van der Waals surface area (Å²) in [6.45, 7) is 5.74. The molecule has 3 heterocycles. The second-order valence-corrected chi connectivity index (χ2v) is 8.50. The Hall–Kier alpha value is -3.45. The van der Waals surface area contributed by atoms with Crippen molar-refractivity contribution in [3.05, 3.63) is 72.6 Å². The van der Waals surface area contributed by atoms with Crippen LogP contribution in [0.1, 0.15) is 12.5 Å². The number of pyridine rings is 1. The number of aromatic amines is 1. The SMILES string of the molecule is C[C@@]1(c2ccc3ccccc3c2)NC(=O)N(C[NH+]2CCN(c3cc[nH+]cc3)CC2)C1=O. The Morgan fingerprint density at radius 2 is 1.71 bits per heavy atom. The van der Waals surface area contributed by atoms with Crippen LogP contribution in [0.2, 0.25) is 0 Å². The third-order valence-electron chi connectivity index (χ3n) is 6.52. The van der Waals surface area contributed by atoms with Gasteiger partial charge in [-0.1, -0.05) is 36.4 Å². The molecule has 31 heavy (non-hydrogen) atoms. The molecule has 2 aliphatic rings. The molecule has 2 aliphatic heterocycles. The number of nitrogens with one attached hydrogen (secondary N) is 3. The summed E-state index contributed by atoms with van der Waals surface area (Å²) >= 11 is 0. The first-order valence-electron chi connectivity index (χ1n) is 10.7.